The highest BCUT2D eigenvalue weighted by Gasteiger charge is 2.21. The average Bonchev–Trinajstić information content (AvgIpc) is 2.95. The van der Waals surface area contributed by atoms with Crippen molar-refractivity contribution in [3.05, 3.63) is 29.1 Å². The van der Waals surface area contributed by atoms with Crippen molar-refractivity contribution < 1.29 is 12.8 Å². The third kappa shape index (κ3) is 4.18. The van der Waals surface area contributed by atoms with Crippen molar-refractivity contribution in [3.63, 3.8) is 0 Å². The third-order valence-corrected chi connectivity index (χ3v) is 6.31. The maximum atomic E-state index is 13.9. The minimum Gasteiger partial charge on any atom is -0.316 e. The van der Waals surface area contributed by atoms with Gasteiger partial charge in [-0.25, -0.2) is 17.5 Å². The van der Waals surface area contributed by atoms with Crippen molar-refractivity contribution in [2.75, 3.05) is 19.3 Å². The Morgan fingerprint density at radius 1 is 1.43 bits per heavy atom. The molecule has 1 aromatic carbocycles. The molecule has 0 radical (unpaired) electrons. The fourth-order valence-corrected chi connectivity index (χ4v) is 4.90. The van der Waals surface area contributed by atoms with E-state index in [9.17, 15) is 12.8 Å². The monoisotopic (exact) mass is 332 g/mol. The lowest BCUT2D eigenvalue weighted by molar-refractivity contribution is 0.573. The number of thioether (sulfide) groups is 1. The summed E-state index contributed by atoms with van der Waals surface area (Å²) in [6, 6.07) is 2.79. The van der Waals surface area contributed by atoms with Gasteiger partial charge in [0.25, 0.3) is 0 Å². The molecule has 7 heteroatoms. The quantitative estimate of drug-likeness (QED) is 0.837. The Balaban J connectivity index is 2.18. The molecule has 0 saturated carbocycles. The number of benzene rings is 1. The van der Waals surface area contributed by atoms with Crippen molar-refractivity contribution in [1.29, 1.82) is 0 Å². The largest absolute Gasteiger partial charge is 0.316 e. The number of hydrogen-bond acceptors (Lipinski definition) is 4. The van der Waals surface area contributed by atoms with Crippen LogP contribution in [0.25, 0.3) is 0 Å². The van der Waals surface area contributed by atoms with E-state index in [-0.39, 0.29) is 10.7 Å². The van der Waals surface area contributed by atoms with E-state index in [1.807, 2.05) is 0 Å². The smallest absolute Gasteiger partial charge is 0.240 e. The summed E-state index contributed by atoms with van der Waals surface area (Å²) >= 11 is 1.80. The van der Waals surface area contributed by atoms with Gasteiger partial charge in [0.2, 0.25) is 10.0 Å². The molecule has 0 amide bonds. The Hall–Kier alpha value is -0.630. The van der Waals surface area contributed by atoms with Crippen LogP contribution in [0.5, 0.6) is 0 Å². The molecule has 1 aromatic rings. The minimum atomic E-state index is -3.59. The summed E-state index contributed by atoms with van der Waals surface area (Å²) in [5.74, 6) is 0.739. The van der Waals surface area contributed by atoms with Gasteiger partial charge < -0.3 is 5.32 Å². The molecule has 1 aliphatic rings. The van der Waals surface area contributed by atoms with Gasteiger partial charge in [-0.05, 0) is 50.3 Å². The summed E-state index contributed by atoms with van der Waals surface area (Å²) in [6.45, 7) is 2.32. The highest BCUT2D eigenvalue weighted by Crippen LogP contribution is 2.26. The van der Waals surface area contributed by atoms with E-state index in [2.05, 4.69) is 10.0 Å². The molecule has 1 unspecified atom stereocenters. The summed E-state index contributed by atoms with van der Waals surface area (Å²) in [5.41, 5.74) is 0.714. The summed E-state index contributed by atoms with van der Waals surface area (Å²) in [6.07, 6.45) is 2.18. The number of nitrogens with one attached hydrogen (secondary N) is 2. The molecule has 21 heavy (non-hydrogen) atoms. The first-order valence-corrected chi connectivity index (χ1v) is 9.52. The van der Waals surface area contributed by atoms with Crippen LogP contribution in [-0.2, 0) is 16.6 Å². The van der Waals surface area contributed by atoms with Gasteiger partial charge in [0.1, 0.15) is 5.82 Å². The Morgan fingerprint density at radius 3 is 2.81 bits per heavy atom. The molecule has 4 nitrogen and oxygen atoms in total. The Morgan fingerprint density at radius 2 is 2.19 bits per heavy atom. The summed E-state index contributed by atoms with van der Waals surface area (Å²) < 4.78 is 41.3. The number of sulfonamides is 1. The van der Waals surface area contributed by atoms with Crippen molar-refractivity contribution in [2.45, 2.75) is 36.5 Å². The molecule has 1 fully saturated rings. The topological polar surface area (TPSA) is 58.2 Å². The fourth-order valence-electron chi connectivity index (χ4n) is 2.37. The zero-order chi connectivity index (χ0) is 15.5. The van der Waals surface area contributed by atoms with E-state index < -0.39 is 10.0 Å². The van der Waals surface area contributed by atoms with Gasteiger partial charge >= 0.3 is 0 Å². The van der Waals surface area contributed by atoms with E-state index >= 15 is 0 Å². The predicted molar refractivity (Wildman–Crippen MR) is 84.6 cm³/mol. The molecule has 0 spiro atoms. The average molecular weight is 332 g/mol. The first kappa shape index (κ1) is 16.7. The van der Waals surface area contributed by atoms with Crippen molar-refractivity contribution in [3.8, 4) is 0 Å². The van der Waals surface area contributed by atoms with E-state index in [4.69, 9.17) is 0 Å². The van der Waals surface area contributed by atoms with Crippen LogP contribution in [-0.4, -0.2) is 33.0 Å². The summed E-state index contributed by atoms with van der Waals surface area (Å²) in [4.78, 5) is 0.134. The van der Waals surface area contributed by atoms with Gasteiger partial charge in [-0.3, -0.25) is 0 Å². The Kier molecular flexibility index (Phi) is 5.65. The lowest BCUT2D eigenvalue weighted by Crippen LogP contribution is -2.30. The maximum Gasteiger partial charge on any atom is 0.240 e. The first-order chi connectivity index (χ1) is 9.94. The predicted octanol–water partition coefficient (Wildman–Crippen LogP) is 2.03. The van der Waals surface area contributed by atoms with Gasteiger partial charge in [-0.2, -0.15) is 11.8 Å². The van der Waals surface area contributed by atoms with Crippen molar-refractivity contribution >= 4 is 21.8 Å². The normalized spacial score (nSPS) is 19.1. The van der Waals surface area contributed by atoms with E-state index in [1.165, 1.54) is 12.1 Å². The zero-order valence-electron chi connectivity index (χ0n) is 12.3. The standard InChI is InChI=1S/C14H21FN2O2S2/c1-10-6-13(7-11(8-16-2)14(10)15)21(18,19)17-9-12-4-3-5-20-12/h6-7,12,16-17H,3-5,8-9H2,1-2H3. The number of aryl methyl sites for hydroxylation is 1. The summed E-state index contributed by atoms with van der Waals surface area (Å²) in [7, 11) is -1.89. The molecule has 1 aliphatic heterocycles. The van der Waals surface area contributed by atoms with Crippen LogP contribution < -0.4 is 10.0 Å². The van der Waals surface area contributed by atoms with Crippen LogP contribution in [0.15, 0.2) is 17.0 Å². The molecule has 1 heterocycles. The lowest BCUT2D eigenvalue weighted by Gasteiger charge is -2.13. The van der Waals surface area contributed by atoms with Crippen LogP contribution in [0.1, 0.15) is 24.0 Å². The van der Waals surface area contributed by atoms with Crippen LogP contribution in [0.4, 0.5) is 4.39 Å². The number of halogens is 1. The van der Waals surface area contributed by atoms with Crippen molar-refractivity contribution in [1.82, 2.24) is 10.0 Å². The number of rotatable bonds is 6. The highest BCUT2D eigenvalue weighted by atomic mass is 32.2. The highest BCUT2D eigenvalue weighted by molar-refractivity contribution is 8.00. The lowest BCUT2D eigenvalue weighted by atomic mass is 10.1. The van der Waals surface area contributed by atoms with E-state index in [0.717, 1.165) is 18.6 Å². The Labute approximate surface area is 129 Å². The van der Waals surface area contributed by atoms with Gasteiger partial charge in [0, 0.05) is 23.9 Å². The molecular weight excluding hydrogens is 311 g/mol. The van der Waals surface area contributed by atoms with Gasteiger partial charge in [0.05, 0.1) is 4.90 Å². The van der Waals surface area contributed by atoms with E-state index in [1.54, 1.807) is 25.7 Å². The second-order valence-corrected chi connectivity index (χ2v) is 8.41. The molecule has 1 atom stereocenters. The maximum absolute atomic E-state index is 13.9. The van der Waals surface area contributed by atoms with E-state index in [0.29, 0.717) is 29.5 Å². The first-order valence-electron chi connectivity index (χ1n) is 6.99. The van der Waals surface area contributed by atoms with Gasteiger partial charge in [-0.15, -0.1) is 0 Å². The molecule has 0 aromatic heterocycles. The molecule has 0 aliphatic carbocycles. The van der Waals surface area contributed by atoms with Crippen LogP contribution in [0.2, 0.25) is 0 Å². The summed E-state index contributed by atoms with van der Waals surface area (Å²) in [5, 5.41) is 3.19. The zero-order valence-corrected chi connectivity index (χ0v) is 13.9. The molecule has 1 saturated heterocycles. The molecule has 118 valence electrons. The molecular formula is C14H21FN2O2S2. The third-order valence-electron chi connectivity index (χ3n) is 3.51. The van der Waals surface area contributed by atoms with Crippen molar-refractivity contribution in [2.24, 2.45) is 0 Å². The Bertz CT molecular complexity index is 599. The van der Waals surface area contributed by atoms with Crippen LogP contribution in [0, 0.1) is 12.7 Å². The van der Waals surface area contributed by atoms with Crippen LogP contribution in [0.3, 0.4) is 0 Å². The second-order valence-electron chi connectivity index (χ2n) is 5.23. The van der Waals surface area contributed by atoms with Crippen LogP contribution >= 0.6 is 11.8 Å². The SMILES string of the molecule is CNCc1cc(S(=O)(=O)NCC2CCCS2)cc(C)c1F. The molecule has 2 N–H and O–H groups in total. The molecule has 0 bridgehead atoms. The van der Waals surface area contributed by atoms with Gasteiger partial charge in [-0.1, -0.05) is 0 Å². The second kappa shape index (κ2) is 7.09. The number of hydrogen-bond donors (Lipinski definition) is 2. The fraction of sp³-hybridized carbons (Fsp3) is 0.571. The minimum absolute atomic E-state index is 0.134. The van der Waals surface area contributed by atoms with Gasteiger partial charge in [0.15, 0.2) is 0 Å². The molecule has 2 rings (SSSR count).